The maximum absolute atomic E-state index is 11.3. The minimum atomic E-state index is -3.25. The minimum Gasteiger partial charge on any atom is -0.386 e. The Kier molecular flexibility index (Phi) is 4.96. The van der Waals surface area contributed by atoms with E-state index in [1.54, 1.807) is 6.07 Å². The highest BCUT2D eigenvalue weighted by Crippen LogP contribution is 2.21. The van der Waals surface area contributed by atoms with Crippen molar-refractivity contribution in [3.63, 3.8) is 0 Å². The van der Waals surface area contributed by atoms with Crippen LogP contribution < -0.4 is 0 Å². The number of hydrogen-bond donors (Lipinski definition) is 1. The van der Waals surface area contributed by atoms with Gasteiger partial charge in [-0.2, -0.15) is 5.10 Å². The second-order valence-corrected chi connectivity index (χ2v) is 8.85. The van der Waals surface area contributed by atoms with E-state index in [4.69, 9.17) is 11.6 Å². The highest BCUT2D eigenvalue weighted by atomic mass is 35.5. The second-order valence-electron chi connectivity index (χ2n) is 6.23. The number of rotatable bonds is 5. The summed E-state index contributed by atoms with van der Waals surface area (Å²) in [6.07, 6.45) is 0.0262. The first kappa shape index (κ1) is 17.4. The molecule has 0 unspecified atom stereocenters. The minimum absolute atomic E-state index is 0.310. The fourth-order valence-corrected chi connectivity index (χ4v) is 3.86. The second kappa shape index (κ2) is 6.84. The lowest BCUT2D eigenvalue weighted by atomic mass is 10.2. The Hall–Kier alpha value is -1.41. The van der Waals surface area contributed by atoms with Gasteiger partial charge in [0.05, 0.1) is 23.7 Å². The number of hydrogen-bond acceptors (Lipinski definition) is 5. The predicted molar refractivity (Wildman–Crippen MR) is 92.5 cm³/mol. The van der Waals surface area contributed by atoms with Gasteiger partial charge < -0.3 is 5.11 Å². The summed E-state index contributed by atoms with van der Waals surface area (Å²) in [7, 11) is -3.25. The Morgan fingerprint density at radius 2 is 2.12 bits per heavy atom. The Morgan fingerprint density at radius 3 is 2.83 bits per heavy atom. The van der Waals surface area contributed by atoms with Crippen molar-refractivity contribution in [2.24, 2.45) is 0 Å². The summed E-state index contributed by atoms with van der Waals surface area (Å²) in [5, 5.41) is 15.1. The molecule has 1 atom stereocenters. The molecule has 1 aromatic carbocycles. The molecule has 0 fully saturated rings. The average Bonchev–Trinajstić information content (AvgIpc) is 2.89. The van der Waals surface area contributed by atoms with Crippen molar-refractivity contribution in [2.75, 3.05) is 18.6 Å². The Balaban J connectivity index is 1.70. The van der Waals surface area contributed by atoms with Crippen LogP contribution in [-0.4, -0.2) is 46.8 Å². The van der Waals surface area contributed by atoms with Gasteiger partial charge in [-0.25, -0.2) is 8.42 Å². The van der Waals surface area contributed by atoms with Crippen molar-refractivity contribution in [1.29, 1.82) is 0 Å². The molecule has 2 aromatic rings. The molecular weight excluding hydrogens is 350 g/mol. The van der Waals surface area contributed by atoms with E-state index in [1.807, 2.05) is 28.9 Å². The topological polar surface area (TPSA) is 75.4 Å². The summed E-state index contributed by atoms with van der Waals surface area (Å²) in [5.74, 6) is -0.310. The van der Waals surface area contributed by atoms with Gasteiger partial charge >= 0.3 is 0 Å². The Bertz CT molecular complexity index is 835. The third-order valence-electron chi connectivity index (χ3n) is 3.99. The maximum atomic E-state index is 11.3. The standard InChI is InChI=1S/C16H20ClN3O3S/c1-24(22,23)11-16(21)15-8-14-10-19(5-6-20(14)18-15)9-12-3-2-4-13(17)7-12/h2-4,7-8,16,21H,5-6,9-11H2,1H3/t16-/m1/s1. The lowest BCUT2D eigenvalue weighted by Crippen LogP contribution is -2.33. The molecule has 0 amide bonds. The van der Waals surface area contributed by atoms with Crippen LogP contribution in [0, 0.1) is 0 Å². The normalized spacial score (nSPS) is 16.8. The van der Waals surface area contributed by atoms with Gasteiger partial charge in [-0.05, 0) is 23.8 Å². The SMILES string of the molecule is CS(=O)(=O)C[C@@H](O)c1cc2n(n1)CCN(Cc1cccc(Cl)c1)C2. The first-order chi connectivity index (χ1) is 11.3. The van der Waals surface area contributed by atoms with Crippen LogP contribution in [0.1, 0.15) is 23.1 Å². The van der Waals surface area contributed by atoms with Gasteiger partial charge in [0.2, 0.25) is 0 Å². The number of aliphatic hydroxyl groups excluding tert-OH is 1. The molecular formula is C16H20ClN3O3S. The molecule has 1 aliphatic heterocycles. The molecule has 2 heterocycles. The number of benzene rings is 1. The lowest BCUT2D eigenvalue weighted by Gasteiger charge is -2.27. The Morgan fingerprint density at radius 1 is 1.33 bits per heavy atom. The van der Waals surface area contributed by atoms with Gasteiger partial charge in [0, 0.05) is 30.9 Å². The van der Waals surface area contributed by atoms with Crippen molar-refractivity contribution in [3.05, 3.63) is 52.3 Å². The largest absolute Gasteiger partial charge is 0.386 e. The van der Waals surface area contributed by atoms with Crippen LogP contribution >= 0.6 is 11.6 Å². The van der Waals surface area contributed by atoms with Crippen LogP contribution in [-0.2, 0) is 29.5 Å². The van der Waals surface area contributed by atoms with Crippen molar-refractivity contribution >= 4 is 21.4 Å². The number of halogens is 1. The number of aromatic nitrogens is 2. The molecule has 1 N–H and O–H groups in total. The fourth-order valence-electron chi connectivity index (χ4n) is 2.91. The molecule has 0 radical (unpaired) electrons. The zero-order chi connectivity index (χ0) is 17.3. The molecule has 0 saturated carbocycles. The fraction of sp³-hybridized carbons (Fsp3) is 0.438. The zero-order valence-corrected chi connectivity index (χ0v) is 15.0. The molecule has 24 heavy (non-hydrogen) atoms. The van der Waals surface area contributed by atoms with E-state index >= 15 is 0 Å². The van der Waals surface area contributed by atoms with E-state index in [0.717, 1.165) is 35.6 Å². The first-order valence-corrected chi connectivity index (χ1v) is 10.1. The van der Waals surface area contributed by atoms with Crippen LogP contribution in [0.4, 0.5) is 0 Å². The number of sulfone groups is 1. The monoisotopic (exact) mass is 369 g/mol. The van der Waals surface area contributed by atoms with Gasteiger partial charge in [0.15, 0.2) is 0 Å². The molecule has 8 heteroatoms. The number of aliphatic hydroxyl groups is 1. The average molecular weight is 370 g/mol. The number of nitrogens with zero attached hydrogens (tertiary/aromatic N) is 3. The summed E-state index contributed by atoms with van der Waals surface area (Å²) >= 11 is 6.03. The summed E-state index contributed by atoms with van der Waals surface area (Å²) in [6.45, 7) is 3.03. The lowest BCUT2D eigenvalue weighted by molar-refractivity contribution is 0.191. The van der Waals surface area contributed by atoms with Crippen LogP contribution in [0.2, 0.25) is 5.02 Å². The van der Waals surface area contributed by atoms with Crippen molar-refractivity contribution in [1.82, 2.24) is 14.7 Å². The summed E-state index contributed by atoms with van der Waals surface area (Å²) < 4.78 is 24.5. The van der Waals surface area contributed by atoms with Crippen LogP contribution in [0.3, 0.4) is 0 Å². The highest BCUT2D eigenvalue weighted by molar-refractivity contribution is 7.90. The van der Waals surface area contributed by atoms with E-state index in [9.17, 15) is 13.5 Å². The van der Waals surface area contributed by atoms with Crippen molar-refractivity contribution < 1.29 is 13.5 Å². The molecule has 3 rings (SSSR count). The molecule has 6 nitrogen and oxygen atoms in total. The third kappa shape index (κ3) is 4.36. The van der Waals surface area contributed by atoms with Gasteiger partial charge in [0.25, 0.3) is 0 Å². The summed E-state index contributed by atoms with van der Waals surface area (Å²) in [4.78, 5) is 2.27. The van der Waals surface area contributed by atoms with E-state index in [1.165, 1.54) is 0 Å². The van der Waals surface area contributed by atoms with Crippen LogP contribution in [0.25, 0.3) is 0 Å². The van der Waals surface area contributed by atoms with Crippen LogP contribution in [0.15, 0.2) is 30.3 Å². The zero-order valence-electron chi connectivity index (χ0n) is 13.4. The molecule has 130 valence electrons. The molecule has 0 aliphatic carbocycles. The molecule has 1 aliphatic rings. The van der Waals surface area contributed by atoms with E-state index in [0.29, 0.717) is 18.8 Å². The van der Waals surface area contributed by atoms with E-state index in [-0.39, 0.29) is 5.75 Å². The molecule has 0 spiro atoms. The van der Waals surface area contributed by atoms with Crippen molar-refractivity contribution in [3.8, 4) is 0 Å². The summed E-state index contributed by atoms with van der Waals surface area (Å²) in [5.41, 5.74) is 2.54. The highest BCUT2D eigenvalue weighted by Gasteiger charge is 2.23. The third-order valence-corrected chi connectivity index (χ3v) is 5.15. The first-order valence-electron chi connectivity index (χ1n) is 7.69. The van der Waals surface area contributed by atoms with Gasteiger partial charge in [-0.15, -0.1) is 0 Å². The predicted octanol–water partition coefficient (Wildman–Crippen LogP) is 1.63. The van der Waals surface area contributed by atoms with E-state index in [2.05, 4.69) is 10.00 Å². The van der Waals surface area contributed by atoms with Gasteiger partial charge in [0.1, 0.15) is 15.9 Å². The smallest absolute Gasteiger partial charge is 0.150 e. The quantitative estimate of drug-likeness (QED) is 0.867. The maximum Gasteiger partial charge on any atom is 0.150 e. The Labute approximate surface area is 146 Å². The molecule has 0 bridgehead atoms. The van der Waals surface area contributed by atoms with Crippen molar-refractivity contribution in [2.45, 2.75) is 25.7 Å². The molecule has 0 saturated heterocycles. The van der Waals surface area contributed by atoms with Gasteiger partial charge in [-0.1, -0.05) is 23.7 Å². The molecule has 1 aromatic heterocycles. The van der Waals surface area contributed by atoms with Gasteiger partial charge in [-0.3, -0.25) is 9.58 Å². The number of fused-ring (bicyclic) bond motifs is 1. The summed E-state index contributed by atoms with van der Waals surface area (Å²) in [6, 6.07) is 9.57. The van der Waals surface area contributed by atoms with Crippen LogP contribution in [0.5, 0.6) is 0 Å². The van der Waals surface area contributed by atoms with E-state index < -0.39 is 15.9 Å².